The van der Waals surface area contributed by atoms with Gasteiger partial charge >= 0.3 is 6.03 Å². The van der Waals surface area contributed by atoms with Crippen LogP contribution in [0.5, 0.6) is 0 Å². The van der Waals surface area contributed by atoms with Gasteiger partial charge in [-0.2, -0.15) is 0 Å². The van der Waals surface area contributed by atoms with Gasteiger partial charge in [-0.25, -0.2) is 22.5 Å². The van der Waals surface area contributed by atoms with E-state index in [-0.39, 0.29) is 4.90 Å². The normalized spacial score (nSPS) is 12.5. The van der Waals surface area contributed by atoms with E-state index in [4.69, 9.17) is 0 Å². The van der Waals surface area contributed by atoms with Crippen LogP contribution in [0.25, 0.3) is 0 Å². The third kappa shape index (κ3) is 6.02. The molecule has 1 unspecified atom stereocenters. The average Bonchev–Trinajstić information content (AvgIpc) is 2.64. The quantitative estimate of drug-likeness (QED) is 0.674. The Bertz CT molecular complexity index is 1010. The Morgan fingerprint density at radius 2 is 1.83 bits per heavy atom. The van der Waals surface area contributed by atoms with Crippen molar-refractivity contribution in [2.75, 3.05) is 19.4 Å². The molecule has 1 heterocycles. The van der Waals surface area contributed by atoms with Gasteiger partial charge in [-0.15, -0.1) is 0 Å². The maximum absolute atomic E-state index is 12.3. The highest BCUT2D eigenvalue weighted by Crippen LogP contribution is 2.23. The number of anilines is 1. The van der Waals surface area contributed by atoms with Gasteiger partial charge < -0.3 is 5.32 Å². The molecule has 1 aromatic carbocycles. The molecule has 8 nitrogen and oxygen atoms in total. The molecule has 1 aromatic heterocycles. The number of hydrogen-bond acceptors (Lipinski definition) is 6. The first-order valence-electron chi connectivity index (χ1n) is 8.75. The fourth-order valence-corrected chi connectivity index (χ4v) is 3.99. The van der Waals surface area contributed by atoms with Crippen LogP contribution < -0.4 is 10.6 Å². The van der Waals surface area contributed by atoms with Gasteiger partial charge in [0.15, 0.2) is 0 Å². The van der Waals surface area contributed by atoms with Crippen molar-refractivity contribution >= 4 is 39.4 Å². The molecule has 2 rings (SSSR count). The Kier molecular flexibility index (Phi) is 7.39. The largest absolute Gasteiger partial charge is 0.325 e. The summed E-state index contributed by atoms with van der Waals surface area (Å²) in [5.41, 5.74) is 2.60. The minimum Gasteiger partial charge on any atom is -0.307 e. The van der Waals surface area contributed by atoms with Gasteiger partial charge in [-0.1, -0.05) is 29.5 Å². The molecule has 2 N–H and O–H groups in total. The molecule has 0 aliphatic heterocycles. The average molecular weight is 437 g/mol. The van der Waals surface area contributed by atoms with Crippen molar-refractivity contribution in [1.29, 1.82) is 0 Å². The lowest BCUT2D eigenvalue weighted by molar-refractivity contribution is -0.119. The molecule has 29 heavy (non-hydrogen) atoms. The summed E-state index contributed by atoms with van der Waals surface area (Å²) in [7, 11) is -0.685. The zero-order chi connectivity index (χ0) is 21.8. The number of aryl methyl sites for hydroxylation is 2. The summed E-state index contributed by atoms with van der Waals surface area (Å²) in [6.07, 6.45) is 1.25. The van der Waals surface area contributed by atoms with Gasteiger partial charge in [-0.05, 0) is 44.5 Å². The van der Waals surface area contributed by atoms with E-state index in [1.165, 1.54) is 32.4 Å². The van der Waals surface area contributed by atoms with E-state index in [9.17, 15) is 18.0 Å². The SMILES string of the molecule is Cc1ccc(NC(=O)NC(=O)C(C)Sc2ccc(S(=O)(=O)N(C)C)cn2)c(C)c1. The van der Waals surface area contributed by atoms with Gasteiger partial charge in [0.25, 0.3) is 0 Å². The second kappa shape index (κ2) is 9.38. The summed E-state index contributed by atoms with van der Waals surface area (Å²) in [6, 6.07) is 7.93. The summed E-state index contributed by atoms with van der Waals surface area (Å²) in [5, 5.41) is 4.82. The highest BCUT2D eigenvalue weighted by Gasteiger charge is 2.20. The minimum atomic E-state index is -3.56. The minimum absolute atomic E-state index is 0.0665. The predicted molar refractivity (Wildman–Crippen MR) is 114 cm³/mol. The predicted octanol–water partition coefficient (Wildman–Crippen LogP) is 2.78. The Balaban J connectivity index is 1.95. The van der Waals surface area contributed by atoms with Gasteiger partial charge in [-0.3, -0.25) is 10.1 Å². The fraction of sp³-hybridized carbons (Fsp3) is 0.316. The molecule has 0 aliphatic carbocycles. The lowest BCUT2D eigenvalue weighted by Gasteiger charge is -2.14. The van der Waals surface area contributed by atoms with Crippen LogP contribution in [0.1, 0.15) is 18.1 Å². The molecule has 0 aliphatic rings. The molecule has 0 fully saturated rings. The molecular formula is C19H24N4O4S2. The van der Waals surface area contributed by atoms with Crippen LogP contribution in [-0.2, 0) is 14.8 Å². The number of nitrogens with one attached hydrogen (secondary N) is 2. The van der Waals surface area contributed by atoms with Crippen LogP contribution in [0.4, 0.5) is 10.5 Å². The summed E-state index contributed by atoms with van der Waals surface area (Å²) in [5.74, 6) is -0.482. The number of imide groups is 1. The van der Waals surface area contributed by atoms with Crippen LogP contribution in [0.3, 0.4) is 0 Å². The van der Waals surface area contributed by atoms with E-state index in [0.717, 1.165) is 27.2 Å². The van der Waals surface area contributed by atoms with Crippen molar-refractivity contribution in [3.8, 4) is 0 Å². The summed E-state index contributed by atoms with van der Waals surface area (Å²) < 4.78 is 25.2. The molecule has 0 spiro atoms. The number of urea groups is 1. The van der Waals surface area contributed by atoms with Gasteiger partial charge in [0, 0.05) is 26.0 Å². The molecule has 10 heteroatoms. The number of rotatable bonds is 6. The molecule has 3 amide bonds. The molecule has 0 bridgehead atoms. The number of amides is 3. The van der Waals surface area contributed by atoms with Crippen LogP contribution >= 0.6 is 11.8 Å². The van der Waals surface area contributed by atoms with Gasteiger partial charge in [0.1, 0.15) is 4.90 Å². The number of benzene rings is 1. The van der Waals surface area contributed by atoms with Crippen molar-refractivity contribution in [3.05, 3.63) is 47.7 Å². The first-order valence-corrected chi connectivity index (χ1v) is 11.1. The first kappa shape index (κ1) is 22.9. The second-order valence-corrected chi connectivity index (χ2v) is 10.2. The van der Waals surface area contributed by atoms with Gasteiger partial charge in [0.2, 0.25) is 15.9 Å². The number of nitrogens with zero attached hydrogens (tertiary/aromatic N) is 2. The summed E-state index contributed by atoms with van der Waals surface area (Å²) >= 11 is 1.12. The second-order valence-electron chi connectivity index (χ2n) is 6.64. The molecule has 0 saturated carbocycles. The van der Waals surface area contributed by atoms with Crippen LogP contribution in [0, 0.1) is 13.8 Å². The molecule has 156 valence electrons. The number of carbonyl (C=O) groups is 2. The first-order chi connectivity index (χ1) is 13.5. The van der Waals surface area contributed by atoms with E-state index < -0.39 is 27.2 Å². The maximum atomic E-state index is 12.3. The molecular weight excluding hydrogens is 412 g/mol. The van der Waals surface area contributed by atoms with Crippen LogP contribution in [0.15, 0.2) is 46.5 Å². The van der Waals surface area contributed by atoms with E-state index in [2.05, 4.69) is 15.6 Å². The number of hydrogen-bond donors (Lipinski definition) is 2. The summed E-state index contributed by atoms with van der Waals surface area (Å²) in [6.45, 7) is 5.46. The van der Waals surface area contributed by atoms with Crippen molar-refractivity contribution in [2.24, 2.45) is 0 Å². The van der Waals surface area contributed by atoms with Gasteiger partial charge in [0.05, 0.1) is 10.3 Å². The highest BCUT2D eigenvalue weighted by molar-refractivity contribution is 8.00. The molecule has 0 radical (unpaired) electrons. The fourth-order valence-electron chi connectivity index (χ4n) is 2.36. The standard InChI is InChI=1S/C19H24N4O4S2/c1-12-6-8-16(13(2)10-12)21-19(25)22-18(24)14(3)28-17-9-7-15(11-20-17)29(26,27)23(4)5/h6-11,14H,1-5H3,(H2,21,22,24,25). The number of thioether (sulfide) groups is 1. The zero-order valence-corrected chi connectivity index (χ0v) is 18.5. The Hall–Kier alpha value is -2.43. The van der Waals surface area contributed by atoms with E-state index in [1.54, 1.807) is 13.0 Å². The van der Waals surface area contributed by atoms with E-state index >= 15 is 0 Å². The third-order valence-electron chi connectivity index (χ3n) is 4.02. The number of carbonyl (C=O) groups excluding carboxylic acids is 2. The smallest absolute Gasteiger partial charge is 0.307 e. The van der Waals surface area contributed by atoms with E-state index in [0.29, 0.717) is 10.7 Å². The van der Waals surface area contributed by atoms with Crippen molar-refractivity contribution in [2.45, 2.75) is 35.9 Å². The van der Waals surface area contributed by atoms with Crippen molar-refractivity contribution in [3.63, 3.8) is 0 Å². The molecule has 1 atom stereocenters. The Labute approximate surface area is 175 Å². The molecule has 2 aromatic rings. The Morgan fingerprint density at radius 1 is 1.14 bits per heavy atom. The van der Waals surface area contributed by atoms with Crippen LogP contribution in [-0.4, -0.2) is 49.0 Å². The van der Waals surface area contributed by atoms with Crippen LogP contribution in [0.2, 0.25) is 0 Å². The number of aromatic nitrogens is 1. The zero-order valence-electron chi connectivity index (χ0n) is 16.9. The number of sulfonamides is 1. The topological polar surface area (TPSA) is 108 Å². The lowest BCUT2D eigenvalue weighted by Crippen LogP contribution is -2.39. The molecule has 0 saturated heterocycles. The third-order valence-corrected chi connectivity index (χ3v) is 6.87. The lowest BCUT2D eigenvalue weighted by atomic mass is 10.1. The number of pyridine rings is 1. The Morgan fingerprint density at radius 3 is 2.38 bits per heavy atom. The van der Waals surface area contributed by atoms with E-state index in [1.807, 2.05) is 26.0 Å². The van der Waals surface area contributed by atoms with Crippen molar-refractivity contribution < 1.29 is 18.0 Å². The summed E-state index contributed by atoms with van der Waals surface area (Å²) in [4.78, 5) is 28.5. The van der Waals surface area contributed by atoms with Crippen molar-refractivity contribution in [1.82, 2.24) is 14.6 Å². The maximum Gasteiger partial charge on any atom is 0.325 e. The monoisotopic (exact) mass is 436 g/mol. The highest BCUT2D eigenvalue weighted by atomic mass is 32.2.